The highest BCUT2D eigenvalue weighted by atomic mass is 32.2. The van der Waals surface area contributed by atoms with Gasteiger partial charge >= 0.3 is 0 Å². The van der Waals surface area contributed by atoms with Gasteiger partial charge in [0.15, 0.2) is 10.1 Å². The van der Waals surface area contributed by atoms with E-state index in [4.69, 9.17) is 0 Å². The van der Waals surface area contributed by atoms with Crippen molar-refractivity contribution in [3.63, 3.8) is 0 Å². The van der Waals surface area contributed by atoms with Gasteiger partial charge in [0.05, 0.1) is 5.75 Å². The number of ketones is 1. The van der Waals surface area contributed by atoms with Gasteiger partial charge < -0.3 is 0 Å². The van der Waals surface area contributed by atoms with Gasteiger partial charge in [-0.05, 0) is 19.4 Å². The molecule has 0 saturated heterocycles. The maximum Gasteiger partial charge on any atom is 0.174 e. The van der Waals surface area contributed by atoms with E-state index < -0.39 is 0 Å². The standard InChI is InChI=1S/C12H12N2OS2/c1-8-5-3-4-6-10(8)11(15)7-16-12-14-13-9(2)17-12/h3-6H,7H2,1-2H3. The molecule has 1 heterocycles. The number of Topliss-reactive ketones (excluding diaryl/α,β-unsaturated/α-hetero) is 1. The van der Waals surface area contributed by atoms with E-state index in [2.05, 4.69) is 10.2 Å². The van der Waals surface area contributed by atoms with Gasteiger partial charge in [-0.1, -0.05) is 47.4 Å². The maximum atomic E-state index is 12.0. The van der Waals surface area contributed by atoms with Gasteiger partial charge in [-0.3, -0.25) is 4.79 Å². The van der Waals surface area contributed by atoms with Crippen molar-refractivity contribution >= 4 is 28.9 Å². The third-order valence-corrected chi connectivity index (χ3v) is 4.25. The van der Waals surface area contributed by atoms with Gasteiger partial charge in [-0.2, -0.15) is 0 Å². The predicted molar refractivity (Wildman–Crippen MR) is 70.9 cm³/mol. The van der Waals surface area contributed by atoms with Crippen LogP contribution in [-0.2, 0) is 0 Å². The Morgan fingerprint density at radius 2 is 2.06 bits per heavy atom. The van der Waals surface area contributed by atoms with E-state index in [1.807, 2.05) is 38.1 Å². The smallest absolute Gasteiger partial charge is 0.174 e. The zero-order valence-electron chi connectivity index (χ0n) is 9.64. The Hall–Kier alpha value is -1.20. The molecule has 0 amide bonds. The van der Waals surface area contributed by atoms with Crippen molar-refractivity contribution in [3.05, 3.63) is 40.4 Å². The van der Waals surface area contributed by atoms with Gasteiger partial charge in [0.25, 0.3) is 0 Å². The fourth-order valence-corrected chi connectivity index (χ4v) is 3.13. The minimum Gasteiger partial charge on any atom is -0.293 e. The summed E-state index contributed by atoms with van der Waals surface area (Å²) in [5, 5.41) is 8.83. The van der Waals surface area contributed by atoms with E-state index in [-0.39, 0.29) is 5.78 Å². The Balaban J connectivity index is 2.01. The van der Waals surface area contributed by atoms with Crippen LogP contribution >= 0.6 is 23.1 Å². The van der Waals surface area contributed by atoms with Crippen molar-refractivity contribution in [1.82, 2.24) is 10.2 Å². The summed E-state index contributed by atoms with van der Waals surface area (Å²) in [5.41, 5.74) is 1.81. The van der Waals surface area contributed by atoms with Crippen molar-refractivity contribution in [2.24, 2.45) is 0 Å². The highest BCUT2D eigenvalue weighted by Crippen LogP contribution is 2.23. The number of hydrogen-bond donors (Lipinski definition) is 0. The minimum atomic E-state index is 0.140. The summed E-state index contributed by atoms with van der Waals surface area (Å²) >= 11 is 2.97. The number of benzene rings is 1. The zero-order valence-corrected chi connectivity index (χ0v) is 11.3. The molecular weight excluding hydrogens is 252 g/mol. The maximum absolute atomic E-state index is 12.0. The van der Waals surface area contributed by atoms with Gasteiger partial charge in [-0.15, -0.1) is 10.2 Å². The van der Waals surface area contributed by atoms with Crippen LogP contribution < -0.4 is 0 Å². The molecule has 2 aromatic rings. The molecule has 5 heteroatoms. The van der Waals surface area contributed by atoms with Crippen LogP contribution in [0.2, 0.25) is 0 Å². The largest absolute Gasteiger partial charge is 0.293 e. The molecule has 2 rings (SSSR count). The fourth-order valence-electron chi connectivity index (χ4n) is 1.43. The number of hydrogen-bond acceptors (Lipinski definition) is 5. The summed E-state index contributed by atoms with van der Waals surface area (Å²) in [7, 11) is 0. The van der Waals surface area contributed by atoms with Crippen LogP contribution in [0.1, 0.15) is 20.9 Å². The molecule has 1 aromatic carbocycles. The quantitative estimate of drug-likeness (QED) is 0.628. The molecule has 0 aliphatic heterocycles. The first-order valence-corrected chi connectivity index (χ1v) is 6.99. The predicted octanol–water partition coefficient (Wildman–Crippen LogP) is 3.13. The number of aryl methyl sites for hydroxylation is 2. The molecule has 1 aromatic heterocycles. The summed E-state index contributed by atoms with van der Waals surface area (Å²) in [6, 6.07) is 7.64. The molecule has 0 radical (unpaired) electrons. The second-order valence-corrected chi connectivity index (χ2v) is 6.02. The molecule has 0 fully saturated rings. The molecule has 3 nitrogen and oxygen atoms in total. The summed E-state index contributed by atoms with van der Waals surface area (Å²) in [4.78, 5) is 12.0. The molecule has 0 saturated carbocycles. The molecule has 88 valence electrons. The van der Waals surface area contributed by atoms with E-state index in [9.17, 15) is 4.79 Å². The lowest BCUT2D eigenvalue weighted by Gasteiger charge is -2.02. The molecule has 0 N–H and O–H groups in total. The van der Waals surface area contributed by atoms with Crippen molar-refractivity contribution in [1.29, 1.82) is 0 Å². The third-order valence-electron chi connectivity index (χ3n) is 2.28. The van der Waals surface area contributed by atoms with E-state index in [0.29, 0.717) is 5.75 Å². The summed E-state index contributed by atoms with van der Waals surface area (Å²) < 4.78 is 0.851. The van der Waals surface area contributed by atoms with Crippen molar-refractivity contribution in [3.8, 4) is 0 Å². The van der Waals surface area contributed by atoms with Crippen LogP contribution in [0.3, 0.4) is 0 Å². The summed E-state index contributed by atoms with van der Waals surface area (Å²) in [6.07, 6.45) is 0. The number of thioether (sulfide) groups is 1. The first-order valence-electron chi connectivity index (χ1n) is 5.18. The van der Waals surface area contributed by atoms with Gasteiger partial charge in [-0.25, -0.2) is 0 Å². The fraction of sp³-hybridized carbons (Fsp3) is 0.250. The van der Waals surface area contributed by atoms with E-state index in [0.717, 1.165) is 20.5 Å². The first-order chi connectivity index (χ1) is 8.16. The number of carbonyl (C=O) groups is 1. The summed E-state index contributed by atoms with van der Waals surface area (Å²) in [6.45, 7) is 3.86. The minimum absolute atomic E-state index is 0.140. The SMILES string of the molecule is Cc1nnc(SCC(=O)c2ccccc2C)s1. The number of nitrogens with zero attached hydrogens (tertiary/aromatic N) is 2. The molecule has 17 heavy (non-hydrogen) atoms. The molecule has 0 unspecified atom stereocenters. The highest BCUT2D eigenvalue weighted by molar-refractivity contribution is 8.01. The lowest BCUT2D eigenvalue weighted by molar-refractivity contribution is 0.102. The van der Waals surface area contributed by atoms with Crippen LogP contribution in [0.15, 0.2) is 28.6 Å². The van der Waals surface area contributed by atoms with Crippen LogP contribution in [0.25, 0.3) is 0 Å². The lowest BCUT2D eigenvalue weighted by Crippen LogP contribution is -2.04. The van der Waals surface area contributed by atoms with Crippen LogP contribution in [0.5, 0.6) is 0 Å². The van der Waals surface area contributed by atoms with E-state index in [1.54, 1.807) is 0 Å². The molecule has 0 aliphatic carbocycles. The molecular formula is C12H12N2OS2. The Bertz CT molecular complexity index is 537. The topological polar surface area (TPSA) is 42.9 Å². The van der Waals surface area contributed by atoms with E-state index >= 15 is 0 Å². The van der Waals surface area contributed by atoms with E-state index in [1.165, 1.54) is 23.1 Å². The second-order valence-electron chi connectivity index (χ2n) is 3.61. The Labute approximate surface area is 108 Å². The third kappa shape index (κ3) is 3.14. The van der Waals surface area contributed by atoms with Crippen molar-refractivity contribution in [2.75, 3.05) is 5.75 Å². The second kappa shape index (κ2) is 5.42. The molecule has 0 spiro atoms. The van der Waals surface area contributed by atoms with Crippen LogP contribution in [-0.4, -0.2) is 21.7 Å². The Morgan fingerprint density at radius 1 is 1.29 bits per heavy atom. The van der Waals surface area contributed by atoms with Gasteiger partial charge in [0, 0.05) is 5.56 Å². The van der Waals surface area contributed by atoms with Crippen LogP contribution in [0, 0.1) is 13.8 Å². The van der Waals surface area contributed by atoms with Crippen molar-refractivity contribution < 1.29 is 4.79 Å². The molecule has 0 bridgehead atoms. The highest BCUT2D eigenvalue weighted by Gasteiger charge is 2.10. The number of aromatic nitrogens is 2. The Morgan fingerprint density at radius 3 is 2.71 bits per heavy atom. The molecule has 0 atom stereocenters. The summed E-state index contributed by atoms with van der Waals surface area (Å²) in [5.74, 6) is 0.556. The number of rotatable bonds is 4. The monoisotopic (exact) mass is 264 g/mol. The van der Waals surface area contributed by atoms with Crippen LogP contribution in [0.4, 0.5) is 0 Å². The average molecular weight is 264 g/mol. The normalized spacial score (nSPS) is 10.5. The zero-order chi connectivity index (χ0) is 12.3. The van der Waals surface area contributed by atoms with Gasteiger partial charge in [0.1, 0.15) is 5.01 Å². The van der Waals surface area contributed by atoms with Crippen molar-refractivity contribution in [2.45, 2.75) is 18.2 Å². The Kier molecular flexibility index (Phi) is 3.91. The van der Waals surface area contributed by atoms with Gasteiger partial charge in [0.2, 0.25) is 0 Å². The number of carbonyl (C=O) groups excluding carboxylic acids is 1. The first kappa shape index (κ1) is 12.3. The average Bonchev–Trinajstić information content (AvgIpc) is 2.73. The lowest BCUT2D eigenvalue weighted by atomic mass is 10.1. The molecule has 0 aliphatic rings.